The molecular weight excluding hydrogens is 355 g/mol. The molecule has 0 bridgehead atoms. The highest BCUT2D eigenvalue weighted by atomic mass is 32.2. The normalized spacial score (nSPS) is 21.5. The number of nitrogens with zero attached hydrogens (tertiary/aromatic N) is 2. The van der Waals surface area contributed by atoms with Crippen LogP contribution in [-0.2, 0) is 23.8 Å². The van der Waals surface area contributed by atoms with Crippen LogP contribution < -0.4 is 9.80 Å². The molecule has 1 aromatic carbocycles. The van der Waals surface area contributed by atoms with Crippen molar-refractivity contribution in [1.82, 2.24) is 0 Å². The van der Waals surface area contributed by atoms with E-state index in [0.717, 1.165) is 7.11 Å². The van der Waals surface area contributed by atoms with Crippen molar-refractivity contribution in [3.63, 3.8) is 0 Å². The molecule has 8 nitrogen and oxygen atoms in total. The zero-order valence-electron chi connectivity index (χ0n) is 13.7. The molecule has 138 valence electrons. The Morgan fingerprint density at radius 3 is 2.68 bits per heavy atom. The van der Waals surface area contributed by atoms with Gasteiger partial charge in [-0.3, -0.25) is 9.08 Å². The maximum atomic E-state index is 14.5. The largest absolute Gasteiger partial charge is 0.443 e. The van der Waals surface area contributed by atoms with Crippen LogP contribution >= 0.6 is 0 Å². The highest BCUT2D eigenvalue weighted by Gasteiger charge is 2.35. The molecule has 25 heavy (non-hydrogen) atoms. The summed E-state index contributed by atoms with van der Waals surface area (Å²) in [6, 6.07) is 4.46. The van der Waals surface area contributed by atoms with Gasteiger partial charge in [-0.25, -0.2) is 9.18 Å². The van der Waals surface area contributed by atoms with Gasteiger partial charge in [0.15, 0.2) is 0 Å². The lowest BCUT2D eigenvalue weighted by molar-refractivity contribution is 0.122. The topological polar surface area (TPSA) is 85.4 Å². The summed E-state index contributed by atoms with van der Waals surface area (Å²) >= 11 is 0. The standard InChI is InChI=1S/C15H19FN2O6S/c1-22-25(20,21)10-12-9-18(15(19)24-12)11-2-3-14(13(16)8-11)17-4-6-23-7-5-17/h2-3,8,12H,4-7,9-10H2,1H3/t12-/m1/s1. The van der Waals surface area contributed by atoms with E-state index in [9.17, 15) is 17.6 Å². The molecule has 1 aromatic rings. The van der Waals surface area contributed by atoms with Crippen LogP contribution in [0, 0.1) is 5.82 Å². The molecule has 0 N–H and O–H groups in total. The lowest BCUT2D eigenvalue weighted by Gasteiger charge is -2.29. The molecule has 0 radical (unpaired) electrons. The minimum Gasteiger partial charge on any atom is -0.443 e. The maximum absolute atomic E-state index is 14.5. The number of carbonyl (C=O) groups excluding carboxylic acids is 1. The summed E-state index contributed by atoms with van der Waals surface area (Å²) < 4.78 is 52.0. The number of ether oxygens (including phenoxy) is 2. The number of carbonyl (C=O) groups is 1. The fraction of sp³-hybridized carbons (Fsp3) is 0.533. The van der Waals surface area contributed by atoms with Gasteiger partial charge in [-0.1, -0.05) is 0 Å². The molecule has 10 heteroatoms. The summed E-state index contributed by atoms with van der Waals surface area (Å²) in [5.41, 5.74) is 0.759. The first-order valence-corrected chi connectivity index (χ1v) is 9.36. The Labute approximate surface area is 145 Å². The van der Waals surface area contributed by atoms with Gasteiger partial charge < -0.3 is 14.4 Å². The Bertz CT molecular complexity index is 750. The number of amides is 1. The first kappa shape index (κ1) is 17.9. The average Bonchev–Trinajstić information content (AvgIpc) is 2.95. The molecule has 0 spiro atoms. The third-order valence-electron chi connectivity index (χ3n) is 4.11. The molecule has 2 saturated heterocycles. The molecule has 2 heterocycles. The summed E-state index contributed by atoms with van der Waals surface area (Å²) in [5.74, 6) is -0.903. The predicted octanol–water partition coefficient (Wildman–Crippen LogP) is 0.964. The smallest absolute Gasteiger partial charge is 0.414 e. The maximum Gasteiger partial charge on any atom is 0.414 e. The van der Waals surface area contributed by atoms with Crippen LogP contribution in [0.15, 0.2) is 18.2 Å². The minimum atomic E-state index is -3.76. The van der Waals surface area contributed by atoms with E-state index in [0.29, 0.717) is 37.7 Å². The highest BCUT2D eigenvalue weighted by Crippen LogP contribution is 2.28. The molecule has 0 unspecified atom stereocenters. The molecule has 3 rings (SSSR count). The van der Waals surface area contributed by atoms with E-state index in [1.165, 1.54) is 11.0 Å². The Hall–Kier alpha value is -1.91. The lowest BCUT2D eigenvalue weighted by atomic mass is 10.2. The van der Waals surface area contributed by atoms with Crippen molar-refractivity contribution in [1.29, 1.82) is 0 Å². The molecule has 0 aromatic heterocycles. The number of morpholine rings is 1. The Balaban J connectivity index is 1.73. The van der Waals surface area contributed by atoms with E-state index in [-0.39, 0.29) is 6.54 Å². The van der Waals surface area contributed by atoms with Gasteiger partial charge in [-0.05, 0) is 18.2 Å². The molecule has 0 aliphatic carbocycles. The third-order valence-corrected chi connectivity index (χ3v) is 5.40. The van der Waals surface area contributed by atoms with Crippen molar-refractivity contribution in [2.45, 2.75) is 6.10 Å². The fourth-order valence-electron chi connectivity index (χ4n) is 2.84. The van der Waals surface area contributed by atoms with Crippen molar-refractivity contribution in [2.75, 3.05) is 55.5 Å². The molecule has 2 aliphatic rings. The Morgan fingerprint density at radius 1 is 1.32 bits per heavy atom. The van der Waals surface area contributed by atoms with Gasteiger partial charge >= 0.3 is 6.09 Å². The van der Waals surface area contributed by atoms with Crippen LogP contribution in [0.3, 0.4) is 0 Å². The van der Waals surface area contributed by atoms with E-state index in [1.54, 1.807) is 12.1 Å². The van der Waals surface area contributed by atoms with E-state index in [4.69, 9.17) is 9.47 Å². The van der Waals surface area contributed by atoms with Gasteiger partial charge in [0.25, 0.3) is 10.1 Å². The van der Waals surface area contributed by atoms with Crippen LogP contribution in [0.25, 0.3) is 0 Å². The monoisotopic (exact) mass is 374 g/mol. The second kappa shape index (κ2) is 7.14. The highest BCUT2D eigenvalue weighted by molar-refractivity contribution is 7.86. The van der Waals surface area contributed by atoms with Crippen molar-refractivity contribution in [2.24, 2.45) is 0 Å². The number of hydrogen-bond donors (Lipinski definition) is 0. The number of anilines is 2. The van der Waals surface area contributed by atoms with Crippen molar-refractivity contribution < 1.29 is 31.3 Å². The first-order chi connectivity index (χ1) is 11.9. The van der Waals surface area contributed by atoms with Gasteiger partial charge in [-0.2, -0.15) is 8.42 Å². The van der Waals surface area contributed by atoms with E-state index < -0.39 is 33.9 Å². The summed E-state index contributed by atoms with van der Waals surface area (Å²) in [5, 5.41) is 0. The van der Waals surface area contributed by atoms with Crippen molar-refractivity contribution in [3.8, 4) is 0 Å². The Kier molecular flexibility index (Phi) is 5.11. The first-order valence-electron chi connectivity index (χ1n) is 7.78. The molecule has 1 amide bonds. The van der Waals surface area contributed by atoms with E-state index >= 15 is 0 Å². The van der Waals surface area contributed by atoms with Crippen LogP contribution in [0.4, 0.5) is 20.6 Å². The van der Waals surface area contributed by atoms with Gasteiger partial charge in [0.2, 0.25) is 0 Å². The summed E-state index contributed by atoms with van der Waals surface area (Å²) in [7, 11) is -2.71. The number of halogens is 1. The third kappa shape index (κ3) is 4.02. The average molecular weight is 374 g/mol. The zero-order chi connectivity index (χ0) is 18.0. The van der Waals surface area contributed by atoms with Crippen LogP contribution in [0.2, 0.25) is 0 Å². The zero-order valence-corrected chi connectivity index (χ0v) is 14.5. The van der Waals surface area contributed by atoms with E-state index in [2.05, 4.69) is 4.18 Å². The summed E-state index contributed by atoms with van der Waals surface area (Å²) in [6.07, 6.45) is -1.57. The van der Waals surface area contributed by atoms with Gasteiger partial charge in [0.1, 0.15) is 17.7 Å². The number of rotatable bonds is 5. The molecule has 2 aliphatic heterocycles. The second-order valence-corrected chi connectivity index (χ2v) is 7.52. The predicted molar refractivity (Wildman–Crippen MR) is 87.8 cm³/mol. The van der Waals surface area contributed by atoms with Gasteiger partial charge in [0, 0.05) is 13.1 Å². The van der Waals surface area contributed by atoms with Crippen LogP contribution in [-0.4, -0.2) is 66.3 Å². The minimum absolute atomic E-state index is 0.0117. The lowest BCUT2D eigenvalue weighted by Crippen LogP contribution is -2.36. The van der Waals surface area contributed by atoms with Crippen molar-refractivity contribution >= 4 is 27.6 Å². The number of cyclic esters (lactones) is 1. The molecular formula is C15H19FN2O6S. The quantitative estimate of drug-likeness (QED) is 0.710. The summed E-state index contributed by atoms with van der Waals surface area (Å²) in [6.45, 7) is 2.28. The van der Waals surface area contributed by atoms with Gasteiger partial charge in [-0.15, -0.1) is 0 Å². The van der Waals surface area contributed by atoms with Crippen LogP contribution in [0.1, 0.15) is 0 Å². The number of benzene rings is 1. The molecule has 1 atom stereocenters. The molecule has 0 saturated carbocycles. The van der Waals surface area contributed by atoms with Crippen molar-refractivity contribution in [3.05, 3.63) is 24.0 Å². The Morgan fingerprint density at radius 2 is 2.04 bits per heavy atom. The fourth-order valence-corrected chi connectivity index (χ4v) is 3.60. The van der Waals surface area contributed by atoms with E-state index in [1.807, 2.05) is 4.90 Å². The summed E-state index contributed by atoms with van der Waals surface area (Å²) in [4.78, 5) is 15.1. The second-order valence-electron chi connectivity index (χ2n) is 5.74. The SMILES string of the molecule is COS(=O)(=O)C[C@H]1CN(c2ccc(N3CCOCC3)c(F)c2)C(=O)O1. The number of hydrogen-bond acceptors (Lipinski definition) is 7. The van der Waals surface area contributed by atoms with Gasteiger partial charge in [0.05, 0.1) is 38.2 Å². The van der Waals surface area contributed by atoms with Crippen LogP contribution in [0.5, 0.6) is 0 Å². The molecule has 2 fully saturated rings.